The lowest BCUT2D eigenvalue weighted by Crippen LogP contribution is -2.45. The van der Waals surface area contributed by atoms with Crippen molar-refractivity contribution in [3.63, 3.8) is 0 Å². The van der Waals surface area contributed by atoms with Gasteiger partial charge in [0, 0.05) is 0 Å². The van der Waals surface area contributed by atoms with Gasteiger partial charge in [-0.25, -0.2) is 4.79 Å². The largest absolute Gasteiger partial charge is 0.486 e. The van der Waals surface area contributed by atoms with Gasteiger partial charge in [0.15, 0.2) is 6.61 Å². The molecule has 1 aliphatic rings. The van der Waals surface area contributed by atoms with Crippen LogP contribution in [0.4, 0.5) is 0 Å². The molecule has 0 fully saturated rings. The number of carboxylic acid groups (broad SMARTS) is 2. The number of hydrogen-bond donors (Lipinski definition) is 3. The molecule has 0 aromatic heterocycles. The molecule has 19 heavy (non-hydrogen) atoms. The van der Waals surface area contributed by atoms with E-state index in [2.05, 4.69) is 0 Å². The van der Waals surface area contributed by atoms with Gasteiger partial charge < -0.3 is 20.1 Å². The fourth-order valence-electron chi connectivity index (χ4n) is 2.08. The van der Waals surface area contributed by atoms with Crippen molar-refractivity contribution in [1.82, 2.24) is 0 Å². The maximum absolute atomic E-state index is 10.9. The Morgan fingerprint density at radius 1 is 1.37 bits per heavy atom. The fourth-order valence-corrected chi connectivity index (χ4v) is 2.08. The third-order valence-electron chi connectivity index (χ3n) is 3.19. The molecule has 0 aliphatic heterocycles. The standard InChI is InChI=1S/C13H18O6/c1-8(2)13(18)5-3-4-10(19-7-12(16)17)9(13)6-11(14)15/h3-5,8-9,18H,6-7H2,1-2H3,(H,14,15)(H,16,17). The van der Waals surface area contributed by atoms with E-state index >= 15 is 0 Å². The maximum atomic E-state index is 10.9. The molecule has 0 aromatic carbocycles. The number of aliphatic hydroxyl groups is 1. The first-order chi connectivity index (χ1) is 8.77. The van der Waals surface area contributed by atoms with Crippen LogP contribution in [0.3, 0.4) is 0 Å². The molecule has 2 atom stereocenters. The molecule has 0 aromatic rings. The quantitative estimate of drug-likeness (QED) is 0.665. The van der Waals surface area contributed by atoms with Crippen molar-refractivity contribution in [3.8, 4) is 0 Å². The number of allylic oxidation sites excluding steroid dienone is 2. The summed E-state index contributed by atoms with van der Waals surface area (Å²) in [5.41, 5.74) is -1.36. The Balaban J connectivity index is 3.00. The Labute approximate surface area is 111 Å². The van der Waals surface area contributed by atoms with Crippen molar-refractivity contribution in [1.29, 1.82) is 0 Å². The molecule has 2 unspecified atom stereocenters. The number of carbonyl (C=O) groups is 2. The van der Waals surface area contributed by atoms with Crippen LogP contribution in [-0.2, 0) is 14.3 Å². The molecule has 106 valence electrons. The Bertz CT molecular complexity index is 423. The SMILES string of the molecule is CC(C)C1(O)C=CC=C(OCC(=O)O)C1CC(=O)O. The normalized spacial score (nSPS) is 26.1. The summed E-state index contributed by atoms with van der Waals surface area (Å²) in [5, 5.41) is 28.1. The number of rotatable bonds is 6. The molecular formula is C13H18O6. The molecule has 0 bridgehead atoms. The highest BCUT2D eigenvalue weighted by Crippen LogP contribution is 2.38. The van der Waals surface area contributed by atoms with Crippen LogP contribution in [0.2, 0.25) is 0 Å². The fraction of sp³-hybridized carbons (Fsp3) is 0.538. The Morgan fingerprint density at radius 2 is 2.00 bits per heavy atom. The zero-order valence-corrected chi connectivity index (χ0v) is 10.9. The highest BCUT2D eigenvalue weighted by Gasteiger charge is 2.43. The van der Waals surface area contributed by atoms with Crippen molar-refractivity contribution in [2.24, 2.45) is 11.8 Å². The molecule has 6 nitrogen and oxygen atoms in total. The second-order valence-electron chi connectivity index (χ2n) is 4.80. The van der Waals surface area contributed by atoms with Gasteiger partial charge in [-0.15, -0.1) is 0 Å². The number of hydrogen-bond acceptors (Lipinski definition) is 4. The zero-order valence-electron chi connectivity index (χ0n) is 10.9. The second kappa shape index (κ2) is 5.88. The van der Waals surface area contributed by atoms with E-state index in [-0.39, 0.29) is 18.1 Å². The van der Waals surface area contributed by atoms with Gasteiger partial charge in [0.2, 0.25) is 0 Å². The first-order valence-electron chi connectivity index (χ1n) is 5.95. The van der Waals surface area contributed by atoms with Crippen LogP contribution in [0.25, 0.3) is 0 Å². The van der Waals surface area contributed by atoms with Gasteiger partial charge >= 0.3 is 11.9 Å². The van der Waals surface area contributed by atoms with Crippen molar-refractivity contribution < 1.29 is 29.6 Å². The average molecular weight is 270 g/mol. The monoisotopic (exact) mass is 270 g/mol. The van der Waals surface area contributed by atoms with Crippen LogP contribution in [0.5, 0.6) is 0 Å². The van der Waals surface area contributed by atoms with Gasteiger partial charge in [-0.2, -0.15) is 0 Å². The van der Waals surface area contributed by atoms with E-state index in [1.165, 1.54) is 12.2 Å². The van der Waals surface area contributed by atoms with E-state index in [0.717, 1.165) is 0 Å². The maximum Gasteiger partial charge on any atom is 0.341 e. The van der Waals surface area contributed by atoms with E-state index in [4.69, 9.17) is 14.9 Å². The number of carboxylic acids is 2. The van der Waals surface area contributed by atoms with Crippen molar-refractivity contribution in [3.05, 3.63) is 24.0 Å². The van der Waals surface area contributed by atoms with Gasteiger partial charge in [-0.3, -0.25) is 4.79 Å². The van der Waals surface area contributed by atoms with Gasteiger partial charge in [0.05, 0.1) is 17.9 Å². The molecule has 1 rings (SSSR count). The average Bonchev–Trinajstić information content (AvgIpc) is 2.29. The molecule has 0 heterocycles. The van der Waals surface area contributed by atoms with Crippen LogP contribution in [-0.4, -0.2) is 39.5 Å². The zero-order chi connectivity index (χ0) is 14.6. The van der Waals surface area contributed by atoms with E-state index < -0.39 is 30.1 Å². The molecule has 0 radical (unpaired) electrons. The first kappa shape index (κ1) is 15.2. The minimum atomic E-state index is -1.36. The highest BCUT2D eigenvalue weighted by molar-refractivity contribution is 5.69. The van der Waals surface area contributed by atoms with Crippen LogP contribution in [0.15, 0.2) is 24.0 Å². The lowest BCUT2D eigenvalue weighted by atomic mass is 9.73. The third kappa shape index (κ3) is 3.57. The van der Waals surface area contributed by atoms with Crippen LogP contribution >= 0.6 is 0 Å². The lowest BCUT2D eigenvalue weighted by molar-refractivity contribution is -0.143. The summed E-state index contributed by atoms with van der Waals surface area (Å²) in [7, 11) is 0. The minimum absolute atomic E-state index is 0.184. The summed E-state index contributed by atoms with van der Waals surface area (Å²) in [5.74, 6) is -3.08. The summed E-state index contributed by atoms with van der Waals surface area (Å²) < 4.78 is 5.09. The smallest absolute Gasteiger partial charge is 0.341 e. The summed E-state index contributed by atoms with van der Waals surface area (Å²) in [6.07, 6.45) is 4.24. The summed E-state index contributed by atoms with van der Waals surface area (Å²) in [4.78, 5) is 21.4. The third-order valence-corrected chi connectivity index (χ3v) is 3.19. The van der Waals surface area contributed by atoms with Crippen molar-refractivity contribution >= 4 is 11.9 Å². The summed E-state index contributed by atoms with van der Waals surface area (Å²) >= 11 is 0. The lowest BCUT2D eigenvalue weighted by Gasteiger charge is -2.39. The molecule has 0 saturated heterocycles. The summed E-state index contributed by atoms with van der Waals surface area (Å²) in [6.45, 7) is 2.96. The van der Waals surface area contributed by atoms with E-state index in [1.807, 2.05) is 0 Å². The second-order valence-corrected chi connectivity index (χ2v) is 4.80. The topological polar surface area (TPSA) is 104 Å². The highest BCUT2D eigenvalue weighted by atomic mass is 16.5. The molecule has 1 aliphatic carbocycles. The van der Waals surface area contributed by atoms with Crippen molar-refractivity contribution in [2.75, 3.05) is 6.61 Å². The van der Waals surface area contributed by atoms with Gasteiger partial charge in [-0.05, 0) is 12.0 Å². The van der Waals surface area contributed by atoms with E-state index in [9.17, 15) is 14.7 Å². The van der Waals surface area contributed by atoms with E-state index in [0.29, 0.717) is 0 Å². The first-order valence-corrected chi connectivity index (χ1v) is 5.95. The Kier molecular flexibility index (Phi) is 4.72. The molecule has 0 amide bonds. The molecule has 6 heteroatoms. The van der Waals surface area contributed by atoms with Crippen molar-refractivity contribution in [2.45, 2.75) is 25.9 Å². The Morgan fingerprint density at radius 3 is 2.47 bits per heavy atom. The minimum Gasteiger partial charge on any atom is -0.486 e. The van der Waals surface area contributed by atoms with Crippen LogP contribution < -0.4 is 0 Å². The predicted octanol–water partition coefficient (Wildman–Crippen LogP) is 1.02. The predicted molar refractivity (Wildman–Crippen MR) is 66.3 cm³/mol. The molecular weight excluding hydrogens is 252 g/mol. The van der Waals surface area contributed by atoms with E-state index in [1.54, 1.807) is 19.9 Å². The molecule has 0 spiro atoms. The molecule has 0 saturated carbocycles. The van der Waals surface area contributed by atoms with Gasteiger partial charge in [0.25, 0.3) is 0 Å². The van der Waals surface area contributed by atoms with Gasteiger partial charge in [0.1, 0.15) is 5.76 Å². The van der Waals surface area contributed by atoms with Crippen LogP contribution in [0.1, 0.15) is 20.3 Å². The Hall–Kier alpha value is -1.82. The number of ether oxygens (including phenoxy) is 1. The molecule has 3 N–H and O–H groups in total. The van der Waals surface area contributed by atoms with Crippen LogP contribution in [0, 0.1) is 11.8 Å². The van der Waals surface area contributed by atoms with Gasteiger partial charge in [-0.1, -0.05) is 26.0 Å². The number of aliphatic carboxylic acids is 2. The summed E-state index contributed by atoms with van der Waals surface area (Å²) in [6, 6.07) is 0.